The first-order chi connectivity index (χ1) is 7.29. The molecule has 86 valence electrons. The molecule has 1 aliphatic carbocycles. The van der Waals surface area contributed by atoms with Crippen LogP contribution in [0.4, 0.5) is 0 Å². The quantitative estimate of drug-likeness (QED) is 0.687. The molecule has 3 nitrogen and oxygen atoms in total. The zero-order valence-corrected chi connectivity index (χ0v) is 9.58. The number of nitrogens with zero attached hydrogens (tertiary/aromatic N) is 1. The Morgan fingerprint density at radius 3 is 2.80 bits per heavy atom. The Morgan fingerprint density at radius 1 is 1.40 bits per heavy atom. The van der Waals surface area contributed by atoms with Gasteiger partial charge in [-0.1, -0.05) is 6.92 Å². The zero-order valence-electron chi connectivity index (χ0n) is 9.58. The van der Waals surface area contributed by atoms with Gasteiger partial charge in [-0.05, 0) is 25.3 Å². The lowest BCUT2D eigenvalue weighted by Gasteiger charge is -2.28. The maximum absolute atomic E-state index is 11.6. The molecule has 0 bridgehead atoms. The monoisotopic (exact) mass is 211 g/mol. The largest absolute Gasteiger partial charge is 0.380 e. The van der Waals surface area contributed by atoms with Crippen molar-refractivity contribution in [3.05, 3.63) is 0 Å². The molecule has 1 heterocycles. The van der Waals surface area contributed by atoms with Gasteiger partial charge in [-0.2, -0.15) is 0 Å². The molecule has 2 fully saturated rings. The van der Waals surface area contributed by atoms with Crippen molar-refractivity contribution in [3.8, 4) is 0 Å². The van der Waals surface area contributed by atoms with E-state index in [4.69, 9.17) is 4.74 Å². The van der Waals surface area contributed by atoms with Crippen molar-refractivity contribution in [2.24, 2.45) is 11.8 Å². The fourth-order valence-electron chi connectivity index (χ4n) is 2.16. The summed E-state index contributed by atoms with van der Waals surface area (Å²) in [6.07, 6.45) is 3.38. The molecular formula is C12H21NO2. The Morgan fingerprint density at radius 2 is 2.20 bits per heavy atom. The van der Waals surface area contributed by atoms with Gasteiger partial charge in [0, 0.05) is 19.5 Å². The highest BCUT2D eigenvalue weighted by atomic mass is 16.5. The van der Waals surface area contributed by atoms with Crippen LogP contribution in [0.15, 0.2) is 0 Å². The Labute approximate surface area is 91.8 Å². The molecule has 0 radical (unpaired) electrons. The lowest BCUT2D eigenvalue weighted by Crippen LogP contribution is -2.39. The van der Waals surface area contributed by atoms with E-state index in [-0.39, 0.29) is 5.92 Å². The topological polar surface area (TPSA) is 29.5 Å². The van der Waals surface area contributed by atoms with E-state index < -0.39 is 0 Å². The van der Waals surface area contributed by atoms with Crippen LogP contribution in [0.5, 0.6) is 0 Å². The standard InChI is InChI=1S/C12H21NO2/c1-2-13(7-10-3-4-10)8-11-9-15-6-5-12(11)14/h10-11H,2-9H2,1H3. The van der Waals surface area contributed by atoms with Gasteiger partial charge in [0.25, 0.3) is 0 Å². The number of ether oxygens (including phenoxy) is 1. The minimum atomic E-state index is 0.137. The summed E-state index contributed by atoms with van der Waals surface area (Å²) < 4.78 is 5.37. The molecule has 1 aliphatic heterocycles. The molecule has 0 aromatic rings. The van der Waals surface area contributed by atoms with Gasteiger partial charge in [0.2, 0.25) is 0 Å². The maximum Gasteiger partial charge on any atom is 0.141 e. The number of ketones is 1. The molecule has 1 unspecified atom stereocenters. The third-order valence-corrected chi connectivity index (χ3v) is 3.41. The molecule has 0 spiro atoms. The summed E-state index contributed by atoms with van der Waals surface area (Å²) in [6, 6.07) is 0. The lowest BCUT2D eigenvalue weighted by atomic mass is 10.00. The summed E-state index contributed by atoms with van der Waals surface area (Å²) in [5.41, 5.74) is 0. The van der Waals surface area contributed by atoms with Crippen LogP contribution in [-0.2, 0) is 9.53 Å². The van der Waals surface area contributed by atoms with E-state index in [1.54, 1.807) is 0 Å². The second-order valence-corrected chi connectivity index (χ2v) is 4.78. The summed E-state index contributed by atoms with van der Waals surface area (Å²) in [4.78, 5) is 14.1. The van der Waals surface area contributed by atoms with E-state index in [9.17, 15) is 4.79 Å². The Bertz CT molecular complexity index is 226. The second-order valence-electron chi connectivity index (χ2n) is 4.78. The number of Topliss-reactive ketones (excluding diaryl/α,β-unsaturated/α-hetero) is 1. The molecule has 1 saturated heterocycles. The van der Waals surface area contributed by atoms with Crippen LogP contribution in [0.25, 0.3) is 0 Å². The van der Waals surface area contributed by atoms with E-state index in [2.05, 4.69) is 11.8 Å². The van der Waals surface area contributed by atoms with Crippen LogP contribution in [0.1, 0.15) is 26.2 Å². The molecule has 2 aliphatic rings. The normalized spacial score (nSPS) is 27.3. The van der Waals surface area contributed by atoms with Gasteiger partial charge >= 0.3 is 0 Å². The van der Waals surface area contributed by atoms with Crippen molar-refractivity contribution in [1.29, 1.82) is 0 Å². The Hall–Kier alpha value is -0.410. The Balaban J connectivity index is 1.78. The van der Waals surface area contributed by atoms with Crippen LogP contribution >= 0.6 is 0 Å². The van der Waals surface area contributed by atoms with E-state index >= 15 is 0 Å². The van der Waals surface area contributed by atoms with Crippen LogP contribution in [0, 0.1) is 11.8 Å². The minimum absolute atomic E-state index is 0.137. The highest BCUT2D eigenvalue weighted by Crippen LogP contribution is 2.30. The van der Waals surface area contributed by atoms with E-state index in [0.29, 0.717) is 25.4 Å². The molecule has 1 saturated carbocycles. The molecule has 0 N–H and O–H groups in total. The van der Waals surface area contributed by atoms with E-state index in [1.165, 1.54) is 19.4 Å². The lowest BCUT2D eigenvalue weighted by molar-refractivity contribution is -0.131. The van der Waals surface area contributed by atoms with E-state index in [0.717, 1.165) is 19.0 Å². The van der Waals surface area contributed by atoms with Gasteiger partial charge in [0.05, 0.1) is 19.1 Å². The van der Waals surface area contributed by atoms with Gasteiger partial charge in [0.1, 0.15) is 5.78 Å². The van der Waals surface area contributed by atoms with Crippen LogP contribution < -0.4 is 0 Å². The number of hydrogen-bond acceptors (Lipinski definition) is 3. The summed E-state index contributed by atoms with van der Waals surface area (Å²) in [5.74, 6) is 1.44. The maximum atomic E-state index is 11.6. The third-order valence-electron chi connectivity index (χ3n) is 3.41. The fraction of sp³-hybridized carbons (Fsp3) is 0.917. The molecule has 1 atom stereocenters. The third kappa shape index (κ3) is 3.28. The average molecular weight is 211 g/mol. The SMILES string of the molecule is CCN(CC1CC1)CC1COCCC1=O. The van der Waals surface area contributed by atoms with Gasteiger partial charge in [-0.3, -0.25) is 4.79 Å². The van der Waals surface area contributed by atoms with Crippen LogP contribution in [0.3, 0.4) is 0 Å². The molecule has 0 aromatic carbocycles. The highest BCUT2D eigenvalue weighted by molar-refractivity contribution is 5.82. The van der Waals surface area contributed by atoms with Crippen molar-refractivity contribution < 1.29 is 9.53 Å². The zero-order chi connectivity index (χ0) is 10.7. The van der Waals surface area contributed by atoms with Gasteiger partial charge in [-0.15, -0.1) is 0 Å². The highest BCUT2D eigenvalue weighted by Gasteiger charge is 2.28. The fourth-order valence-corrected chi connectivity index (χ4v) is 2.16. The van der Waals surface area contributed by atoms with Crippen molar-refractivity contribution in [2.75, 3.05) is 32.8 Å². The second kappa shape index (κ2) is 5.08. The van der Waals surface area contributed by atoms with Crippen molar-refractivity contribution in [2.45, 2.75) is 26.2 Å². The van der Waals surface area contributed by atoms with Crippen LogP contribution in [-0.4, -0.2) is 43.5 Å². The van der Waals surface area contributed by atoms with Crippen LogP contribution in [0.2, 0.25) is 0 Å². The number of rotatable bonds is 5. The first-order valence-electron chi connectivity index (χ1n) is 6.12. The number of carbonyl (C=O) groups excluding carboxylic acids is 1. The summed E-state index contributed by atoms with van der Waals surface area (Å²) in [5, 5.41) is 0. The minimum Gasteiger partial charge on any atom is -0.380 e. The first-order valence-corrected chi connectivity index (χ1v) is 6.12. The summed E-state index contributed by atoms with van der Waals surface area (Å²) in [7, 11) is 0. The predicted octanol–water partition coefficient (Wildman–Crippen LogP) is 1.32. The van der Waals surface area contributed by atoms with Gasteiger partial charge in [0.15, 0.2) is 0 Å². The number of carbonyl (C=O) groups is 1. The smallest absolute Gasteiger partial charge is 0.141 e. The first kappa shape index (κ1) is 11.1. The molecule has 0 aromatic heterocycles. The molecule has 15 heavy (non-hydrogen) atoms. The molecular weight excluding hydrogens is 190 g/mol. The van der Waals surface area contributed by atoms with Gasteiger partial charge < -0.3 is 9.64 Å². The predicted molar refractivity (Wildman–Crippen MR) is 58.8 cm³/mol. The van der Waals surface area contributed by atoms with Gasteiger partial charge in [-0.25, -0.2) is 0 Å². The molecule has 0 amide bonds. The van der Waals surface area contributed by atoms with Crippen molar-refractivity contribution >= 4 is 5.78 Å². The molecule has 2 rings (SSSR count). The van der Waals surface area contributed by atoms with Crippen molar-refractivity contribution in [3.63, 3.8) is 0 Å². The Kier molecular flexibility index (Phi) is 3.76. The summed E-state index contributed by atoms with van der Waals surface area (Å²) in [6.45, 7) is 6.59. The summed E-state index contributed by atoms with van der Waals surface area (Å²) >= 11 is 0. The average Bonchev–Trinajstić information content (AvgIpc) is 3.04. The number of hydrogen-bond donors (Lipinski definition) is 0. The van der Waals surface area contributed by atoms with E-state index in [1.807, 2.05) is 0 Å². The van der Waals surface area contributed by atoms with Crippen molar-refractivity contribution in [1.82, 2.24) is 4.90 Å². The molecule has 3 heteroatoms.